The first-order valence-electron chi connectivity index (χ1n) is 8.42. The number of hydrogen-bond donors (Lipinski definition) is 1. The average Bonchev–Trinajstić information content (AvgIpc) is 3.26. The third kappa shape index (κ3) is 3.70. The van der Waals surface area contributed by atoms with E-state index in [-0.39, 0.29) is 12.2 Å². The van der Waals surface area contributed by atoms with Crippen molar-refractivity contribution in [2.45, 2.75) is 32.6 Å². The molecule has 0 unspecified atom stereocenters. The summed E-state index contributed by atoms with van der Waals surface area (Å²) in [5.74, 6) is -0.600. The van der Waals surface area contributed by atoms with Gasteiger partial charge in [0.2, 0.25) is 0 Å². The lowest BCUT2D eigenvalue weighted by Crippen LogP contribution is -2.16. The molecule has 1 N–H and O–H groups in total. The van der Waals surface area contributed by atoms with Crippen LogP contribution in [0.25, 0.3) is 6.08 Å². The summed E-state index contributed by atoms with van der Waals surface area (Å²) >= 11 is 1.39. The third-order valence-corrected chi connectivity index (χ3v) is 5.28. The van der Waals surface area contributed by atoms with Gasteiger partial charge in [0.1, 0.15) is 22.4 Å². The predicted octanol–water partition coefficient (Wildman–Crippen LogP) is 3.94. The van der Waals surface area contributed by atoms with E-state index in [0.29, 0.717) is 16.3 Å². The fourth-order valence-corrected chi connectivity index (χ4v) is 4.18. The van der Waals surface area contributed by atoms with Crippen LogP contribution in [0.5, 0.6) is 0 Å². The number of anilines is 1. The van der Waals surface area contributed by atoms with Crippen LogP contribution >= 0.6 is 11.3 Å². The zero-order chi connectivity index (χ0) is 18.5. The first-order valence-corrected chi connectivity index (χ1v) is 9.24. The number of esters is 1. The molecule has 26 heavy (non-hydrogen) atoms. The molecular weight excluding hydrogens is 352 g/mol. The molecule has 3 rings (SSSR count). The van der Waals surface area contributed by atoms with Gasteiger partial charge in [-0.15, -0.1) is 11.3 Å². The molecule has 0 aromatic carbocycles. The molecule has 2 aromatic heterocycles. The highest BCUT2D eigenvalue weighted by Gasteiger charge is 2.27. The molecule has 1 aliphatic carbocycles. The van der Waals surface area contributed by atoms with Crippen LogP contribution in [0, 0.1) is 11.3 Å². The fraction of sp³-hybridized carbons (Fsp3) is 0.316. The van der Waals surface area contributed by atoms with Crippen molar-refractivity contribution < 1.29 is 18.7 Å². The van der Waals surface area contributed by atoms with Gasteiger partial charge >= 0.3 is 5.97 Å². The number of aryl methyl sites for hydroxylation is 1. The summed E-state index contributed by atoms with van der Waals surface area (Å²) < 4.78 is 10.3. The molecule has 0 atom stereocenters. The Morgan fingerprint density at radius 3 is 2.92 bits per heavy atom. The van der Waals surface area contributed by atoms with E-state index >= 15 is 0 Å². The minimum absolute atomic E-state index is 0.0962. The van der Waals surface area contributed by atoms with E-state index in [1.54, 1.807) is 19.1 Å². The summed E-state index contributed by atoms with van der Waals surface area (Å²) in [7, 11) is 0. The molecule has 0 saturated heterocycles. The lowest BCUT2D eigenvalue weighted by atomic mass is 9.95. The van der Waals surface area contributed by atoms with Crippen molar-refractivity contribution >= 4 is 34.3 Å². The number of hydrogen-bond acceptors (Lipinski definition) is 6. The normalized spacial score (nSPS) is 13.6. The lowest BCUT2D eigenvalue weighted by molar-refractivity contribution is -0.112. The van der Waals surface area contributed by atoms with Crippen LogP contribution in [0.4, 0.5) is 5.00 Å². The first-order chi connectivity index (χ1) is 12.6. The number of nitriles is 1. The maximum Gasteiger partial charge on any atom is 0.341 e. The standard InChI is InChI=1S/C19H18N2O4S/c1-2-24-19(23)16-14-7-3-4-8-15(14)26-18(16)21-17(22)12(11-20)10-13-6-5-9-25-13/h5-6,9-10H,2-4,7-8H2,1H3,(H,21,22)/b12-10+. The Balaban J connectivity index is 1.91. The number of amides is 1. The van der Waals surface area contributed by atoms with Crippen LogP contribution in [0.2, 0.25) is 0 Å². The highest BCUT2D eigenvalue weighted by atomic mass is 32.1. The van der Waals surface area contributed by atoms with Crippen LogP contribution in [0.15, 0.2) is 28.4 Å². The molecule has 0 bridgehead atoms. The molecule has 0 spiro atoms. The van der Waals surface area contributed by atoms with Gasteiger partial charge in [0.15, 0.2) is 0 Å². The number of fused-ring (bicyclic) bond motifs is 1. The molecule has 2 aromatic rings. The number of carbonyl (C=O) groups is 2. The molecule has 0 aliphatic heterocycles. The third-order valence-electron chi connectivity index (χ3n) is 4.07. The second-order valence-corrected chi connectivity index (χ2v) is 6.88. The molecule has 0 radical (unpaired) electrons. The summed E-state index contributed by atoms with van der Waals surface area (Å²) in [6, 6.07) is 5.20. The highest BCUT2D eigenvalue weighted by Crippen LogP contribution is 2.38. The van der Waals surface area contributed by atoms with Gasteiger partial charge in [-0.2, -0.15) is 5.26 Å². The van der Waals surface area contributed by atoms with Crippen LogP contribution in [0.1, 0.15) is 46.3 Å². The van der Waals surface area contributed by atoms with E-state index in [1.807, 2.05) is 6.07 Å². The summed E-state index contributed by atoms with van der Waals surface area (Å²) in [5.41, 5.74) is 1.29. The summed E-state index contributed by atoms with van der Waals surface area (Å²) in [4.78, 5) is 26.0. The monoisotopic (exact) mass is 370 g/mol. The van der Waals surface area contributed by atoms with E-state index in [0.717, 1.165) is 36.1 Å². The van der Waals surface area contributed by atoms with E-state index in [2.05, 4.69) is 5.32 Å². The molecule has 1 aliphatic rings. The smallest absolute Gasteiger partial charge is 0.341 e. The zero-order valence-corrected chi connectivity index (χ0v) is 15.1. The number of carbonyl (C=O) groups excluding carboxylic acids is 2. The summed E-state index contributed by atoms with van der Waals surface area (Å²) in [6.45, 7) is 2.01. The Hall–Kier alpha value is -2.85. The molecule has 0 fully saturated rings. The number of rotatable bonds is 5. The van der Waals surface area contributed by atoms with Gasteiger partial charge in [-0.1, -0.05) is 0 Å². The number of thiophene rings is 1. The average molecular weight is 370 g/mol. The second kappa shape index (κ2) is 8.02. The minimum atomic E-state index is -0.576. The first kappa shape index (κ1) is 18.0. The van der Waals surface area contributed by atoms with E-state index < -0.39 is 11.9 Å². The minimum Gasteiger partial charge on any atom is -0.465 e. The van der Waals surface area contributed by atoms with Gasteiger partial charge in [0.05, 0.1) is 18.4 Å². The molecule has 2 heterocycles. The maximum atomic E-state index is 12.5. The molecule has 6 nitrogen and oxygen atoms in total. The molecular formula is C19H18N2O4S. The van der Waals surface area contributed by atoms with Crippen molar-refractivity contribution in [1.29, 1.82) is 5.26 Å². The number of ether oxygens (including phenoxy) is 1. The summed E-state index contributed by atoms with van der Waals surface area (Å²) in [5, 5.41) is 12.5. The van der Waals surface area contributed by atoms with Crippen molar-refractivity contribution in [3.63, 3.8) is 0 Å². The van der Waals surface area contributed by atoms with E-state index in [4.69, 9.17) is 9.15 Å². The van der Waals surface area contributed by atoms with Gasteiger partial charge in [0.25, 0.3) is 5.91 Å². The van der Waals surface area contributed by atoms with Crippen molar-refractivity contribution in [1.82, 2.24) is 0 Å². The van der Waals surface area contributed by atoms with Crippen LogP contribution in [0.3, 0.4) is 0 Å². The molecule has 0 saturated carbocycles. The number of nitrogens with one attached hydrogen (secondary N) is 1. The molecule has 7 heteroatoms. The fourth-order valence-electron chi connectivity index (χ4n) is 2.91. The van der Waals surface area contributed by atoms with Gasteiger partial charge in [0, 0.05) is 11.0 Å². The topological polar surface area (TPSA) is 92.3 Å². The van der Waals surface area contributed by atoms with E-state index in [9.17, 15) is 14.9 Å². The van der Waals surface area contributed by atoms with E-state index in [1.165, 1.54) is 23.7 Å². The van der Waals surface area contributed by atoms with Crippen molar-refractivity contribution in [2.75, 3.05) is 11.9 Å². The Labute approximate surface area is 155 Å². The second-order valence-electron chi connectivity index (χ2n) is 5.77. The van der Waals surface area contributed by atoms with Gasteiger partial charge in [-0.3, -0.25) is 4.79 Å². The Bertz CT molecular complexity index is 888. The van der Waals surface area contributed by atoms with Crippen molar-refractivity contribution in [3.8, 4) is 6.07 Å². The summed E-state index contributed by atoms with van der Waals surface area (Å²) in [6.07, 6.45) is 6.58. The van der Waals surface area contributed by atoms with Gasteiger partial charge in [-0.05, 0) is 50.3 Å². The number of nitrogens with zero attached hydrogens (tertiary/aromatic N) is 1. The quantitative estimate of drug-likeness (QED) is 0.489. The van der Waals surface area contributed by atoms with Gasteiger partial charge in [-0.25, -0.2) is 4.79 Å². The predicted molar refractivity (Wildman–Crippen MR) is 97.8 cm³/mol. The Morgan fingerprint density at radius 2 is 2.23 bits per heavy atom. The Kier molecular flexibility index (Phi) is 5.54. The lowest BCUT2D eigenvalue weighted by Gasteiger charge is -2.12. The van der Waals surface area contributed by atoms with Gasteiger partial charge < -0.3 is 14.5 Å². The highest BCUT2D eigenvalue weighted by molar-refractivity contribution is 7.17. The molecule has 134 valence electrons. The SMILES string of the molecule is CCOC(=O)c1c(NC(=O)/C(C#N)=C/c2ccco2)sc2c1CCCC2. The Morgan fingerprint density at radius 1 is 1.42 bits per heavy atom. The molecule has 1 amide bonds. The largest absolute Gasteiger partial charge is 0.465 e. The van der Waals surface area contributed by atoms with Crippen molar-refractivity contribution in [3.05, 3.63) is 45.7 Å². The maximum absolute atomic E-state index is 12.5. The van der Waals surface area contributed by atoms with Crippen LogP contribution in [-0.2, 0) is 22.4 Å². The van der Waals surface area contributed by atoms with Crippen LogP contribution < -0.4 is 5.32 Å². The van der Waals surface area contributed by atoms with Crippen LogP contribution in [-0.4, -0.2) is 18.5 Å². The number of furan rings is 1. The van der Waals surface area contributed by atoms with Crippen molar-refractivity contribution in [2.24, 2.45) is 0 Å². The zero-order valence-electron chi connectivity index (χ0n) is 14.3.